The molecule has 3 fully saturated rings. The van der Waals surface area contributed by atoms with Crippen LogP contribution < -0.4 is 10.1 Å². The molecule has 5 rings (SSSR count). The standard InChI is InChI=1S/C28H35F2N3O6S/c29-23-14-18(15-24(23)30)13-22(19-4-6-20(7-5-19)40(35,36)21-8-9-21)28(34)33-25-16-32-26(17-31-25)37-11-12-39-27-3-1-2-10-38-27/h4-7,16-18,21-24,27H,1-3,8-15H2,(H,31,33,34)/t18-,22-,23+,24-,27?/m1/s1. The Labute approximate surface area is 232 Å². The molecule has 1 amide bonds. The molecular weight excluding hydrogens is 544 g/mol. The maximum Gasteiger partial charge on any atom is 0.233 e. The summed E-state index contributed by atoms with van der Waals surface area (Å²) in [6.07, 6.45) is 4.06. The van der Waals surface area contributed by atoms with Gasteiger partial charge in [-0.25, -0.2) is 27.2 Å². The molecule has 2 aliphatic carbocycles. The summed E-state index contributed by atoms with van der Waals surface area (Å²) in [7, 11) is -3.38. The van der Waals surface area contributed by atoms with Gasteiger partial charge in [-0.15, -0.1) is 0 Å². The Morgan fingerprint density at radius 3 is 2.40 bits per heavy atom. The number of nitrogens with zero attached hydrogens (tertiary/aromatic N) is 2. The lowest BCUT2D eigenvalue weighted by Gasteiger charge is -2.22. The van der Waals surface area contributed by atoms with Gasteiger partial charge in [-0.05, 0) is 75.0 Å². The molecule has 5 atom stereocenters. The number of aromatic nitrogens is 2. The van der Waals surface area contributed by atoms with Crippen LogP contribution in [-0.4, -0.2) is 68.0 Å². The van der Waals surface area contributed by atoms with Gasteiger partial charge >= 0.3 is 0 Å². The Balaban J connectivity index is 1.20. The second kappa shape index (κ2) is 12.9. The monoisotopic (exact) mass is 579 g/mol. The first-order valence-corrected chi connectivity index (χ1v) is 15.4. The lowest BCUT2D eigenvalue weighted by atomic mass is 9.87. The number of anilines is 1. The van der Waals surface area contributed by atoms with Crippen LogP contribution in [0.1, 0.15) is 62.8 Å². The Morgan fingerprint density at radius 1 is 1.02 bits per heavy atom. The van der Waals surface area contributed by atoms with Gasteiger partial charge in [0.25, 0.3) is 0 Å². The summed E-state index contributed by atoms with van der Waals surface area (Å²) in [4.78, 5) is 22.0. The van der Waals surface area contributed by atoms with E-state index in [0.29, 0.717) is 31.6 Å². The van der Waals surface area contributed by atoms with Gasteiger partial charge in [0.05, 0.1) is 35.1 Å². The molecule has 2 saturated carbocycles. The van der Waals surface area contributed by atoms with Crippen LogP contribution in [0.2, 0.25) is 0 Å². The minimum atomic E-state index is -3.38. The fraction of sp³-hybridized carbons (Fsp3) is 0.607. The van der Waals surface area contributed by atoms with E-state index in [1.54, 1.807) is 12.1 Å². The summed E-state index contributed by atoms with van der Waals surface area (Å²) < 4.78 is 69.6. The zero-order chi connectivity index (χ0) is 28.1. The molecule has 40 heavy (non-hydrogen) atoms. The van der Waals surface area contributed by atoms with Crippen molar-refractivity contribution in [3.63, 3.8) is 0 Å². The molecule has 1 saturated heterocycles. The molecule has 3 aliphatic rings. The molecule has 1 N–H and O–H groups in total. The van der Waals surface area contributed by atoms with Crippen molar-refractivity contribution in [1.29, 1.82) is 0 Å². The van der Waals surface area contributed by atoms with E-state index in [2.05, 4.69) is 15.3 Å². The quantitative estimate of drug-likeness (QED) is 0.365. The van der Waals surface area contributed by atoms with Gasteiger partial charge in [0.1, 0.15) is 19.0 Å². The van der Waals surface area contributed by atoms with E-state index in [-0.39, 0.29) is 59.9 Å². The molecule has 218 valence electrons. The summed E-state index contributed by atoms with van der Waals surface area (Å²) in [5, 5.41) is 2.39. The predicted molar refractivity (Wildman–Crippen MR) is 142 cm³/mol. The van der Waals surface area contributed by atoms with Gasteiger partial charge in [0.2, 0.25) is 11.8 Å². The van der Waals surface area contributed by atoms with Crippen LogP contribution in [-0.2, 0) is 24.1 Å². The van der Waals surface area contributed by atoms with Gasteiger partial charge < -0.3 is 19.5 Å². The highest BCUT2D eigenvalue weighted by atomic mass is 32.2. The second-order valence-electron chi connectivity index (χ2n) is 10.7. The van der Waals surface area contributed by atoms with Crippen LogP contribution in [0.15, 0.2) is 41.6 Å². The van der Waals surface area contributed by atoms with Crippen LogP contribution in [0.25, 0.3) is 0 Å². The average molecular weight is 580 g/mol. The summed E-state index contributed by atoms with van der Waals surface area (Å²) in [5.74, 6) is -1.03. The SMILES string of the molecule is O=C(Nc1cnc(OCCOC2CCCCO2)cn1)[C@H](C[C@H]1C[C@@H](F)[C@@H](F)C1)c1ccc(S(=O)(=O)C2CC2)cc1. The van der Waals surface area contributed by atoms with Crippen molar-refractivity contribution in [3.05, 3.63) is 42.2 Å². The third-order valence-corrected chi connectivity index (χ3v) is 9.90. The van der Waals surface area contributed by atoms with Crippen LogP contribution in [0.3, 0.4) is 0 Å². The first kappa shape index (κ1) is 28.8. The number of halogens is 2. The summed E-state index contributed by atoms with van der Waals surface area (Å²) in [6.45, 7) is 1.31. The number of hydrogen-bond donors (Lipinski definition) is 1. The number of rotatable bonds is 12. The molecule has 1 unspecified atom stereocenters. The smallest absolute Gasteiger partial charge is 0.233 e. The van der Waals surface area contributed by atoms with Gasteiger partial charge in [0, 0.05) is 6.61 Å². The maximum absolute atomic E-state index is 13.9. The van der Waals surface area contributed by atoms with Crippen LogP contribution in [0.4, 0.5) is 14.6 Å². The topological polar surface area (TPSA) is 117 Å². The molecule has 2 aromatic rings. The minimum Gasteiger partial charge on any atom is -0.474 e. The molecule has 1 aromatic carbocycles. The number of carbonyl (C=O) groups excluding carboxylic acids is 1. The third-order valence-electron chi connectivity index (χ3n) is 7.62. The third kappa shape index (κ3) is 7.32. The van der Waals surface area contributed by atoms with Crippen molar-refractivity contribution < 1.29 is 36.2 Å². The first-order chi connectivity index (χ1) is 19.3. The molecule has 12 heteroatoms. The van der Waals surface area contributed by atoms with Gasteiger partial charge in [-0.3, -0.25) is 4.79 Å². The van der Waals surface area contributed by atoms with Crippen LogP contribution in [0, 0.1) is 5.92 Å². The van der Waals surface area contributed by atoms with Crippen molar-refractivity contribution in [2.75, 3.05) is 25.1 Å². The largest absolute Gasteiger partial charge is 0.474 e. The molecule has 0 radical (unpaired) electrons. The molecule has 1 aromatic heterocycles. The number of amides is 1. The van der Waals surface area contributed by atoms with Crippen molar-refractivity contribution >= 4 is 21.6 Å². The predicted octanol–water partition coefficient (Wildman–Crippen LogP) is 4.53. The lowest BCUT2D eigenvalue weighted by Crippen LogP contribution is -2.24. The van der Waals surface area contributed by atoms with Crippen molar-refractivity contribution in [2.24, 2.45) is 5.92 Å². The zero-order valence-corrected chi connectivity index (χ0v) is 23.0. The Kier molecular flexibility index (Phi) is 9.27. The fourth-order valence-corrected chi connectivity index (χ4v) is 6.90. The molecule has 0 spiro atoms. The number of sulfone groups is 1. The number of carbonyl (C=O) groups is 1. The molecule has 9 nitrogen and oxygen atoms in total. The maximum atomic E-state index is 13.9. The van der Waals surface area contributed by atoms with E-state index < -0.39 is 34.0 Å². The van der Waals surface area contributed by atoms with Gasteiger partial charge in [-0.1, -0.05) is 12.1 Å². The number of benzene rings is 1. The molecule has 1 aliphatic heterocycles. The van der Waals surface area contributed by atoms with E-state index in [0.717, 1.165) is 19.3 Å². The van der Waals surface area contributed by atoms with Crippen LogP contribution >= 0.6 is 0 Å². The Hall–Kier alpha value is -2.70. The summed E-state index contributed by atoms with van der Waals surface area (Å²) in [5.41, 5.74) is 0.569. The highest BCUT2D eigenvalue weighted by molar-refractivity contribution is 7.92. The summed E-state index contributed by atoms with van der Waals surface area (Å²) >= 11 is 0. The molecule has 2 heterocycles. The highest BCUT2D eigenvalue weighted by Crippen LogP contribution is 2.39. The fourth-order valence-electron chi connectivity index (χ4n) is 5.25. The molecular formula is C28H35F2N3O6S. The highest BCUT2D eigenvalue weighted by Gasteiger charge is 2.38. The van der Waals surface area contributed by atoms with E-state index in [4.69, 9.17) is 14.2 Å². The van der Waals surface area contributed by atoms with E-state index in [1.165, 1.54) is 24.5 Å². The Morgan fingerprint density at radius 2 is 1.77 bits per heavy atom. The summed E-state index contributed by atoms with van der Waals surface area (Å²) in [6, 6.07) is 6.22. The van der Waals surface area contributed by atoms with Crippen molar-refractivity contribution in [2.45, 2.75) is 86.1 Å². The number of ether oxygens (including phenoxy) is 3. The lowest BCUT2D eigenvalue weighted by molar-refractivity contribution is -0.165. The zero-order valence-electron chi connectivity index (χ0n) is 22.2. The van der Waals surface area contributed by atoms with E-state index in [1.807, 2.05) is 0 Å². The first-order valence-electron chi connectivity index (χ1n) is 13.9. The van der Waals surface area contributed by atoms with E-state index >= 15 is 0 Å². The number of alkyl halides is 2. The molecule has 0 bridgehead atoms. The Bertz CT molecular complexity index is 1230. The van der Waals surface area contributed by atoms with Gasteiger partial charge in [-0.2, -0.15) is 0 Å². The van der Waals surface area contributed by atoms with Gasteiger partial charge in [0.15, 0.2) is 21.9 Å². The second-order valence-corrected chi connectivity index (χ2v) is 12.9. The minimum absolute atomic E-state index is 0.0432. The average Bonchev–Trinajstić information content (AvgIpc) is 3.77. The van der Waals surface area contributed by atoms with Crippen molar-refractivity contribution in [3.8, 4) is 5.88 Å². The number of hydrogen-bond acceptors (Lipinski definition) is 8. The van der Waals surface area contributed by atoms with Crippen LogP contribution in [0.5, 0.6) is 5.88 Å². The normalized spacial score (nSPS) is 25.9. The van der Waals surface area contributed by atoms with Crippen molar-refractivity contribution in [1.82, 2.24) is 9.97 Å². The van der Waals surface area contributed by atoms with E-state index in [9.17, 15) is 22.0 Å². The number of nitrogens with one attached hydrogen (secondary N) is 1.